The van der Waals surface area contributed by atoms with Crippen molar-refractivity contribution < 1.29 is 5.11 Å². The maximum atomic E-state index is 9.42. The van der Waals surface area contributed by atoms with Crippen molar-refractivity contribution in [1.29, 1.82) is 0 Å². The van der Waals surface area contributed by atoms with Gasteiger partial charge in [-0.15, -0.1) is 0 Å². The molecule has 0 aromatic carbocycles. The van der Waals surface area contributed by atoms with Crippen LogP contribution in [0.5, 0.6) is 0 Å². The molecule has 0 amide bonds. The quantitative estimate of drug-likeness (QED) is 0.855. The summed E-state index contributed by atoms with van der Waals surface area (Å²) in [7, 11) is 0. The highest BCUT2D eigenvalue weighted by atomic mass is 16.3. The third-order valence-electron chi connectivity index (χ3n) is 2.97. The van der Waals surface area contributed by atoms with Gasteiger partial charge in [-0.25, -0.2) is 9.97 Å². The lowest BCUT2D eigenvalue weighted by atomic mass is 10.1. The first-order chi connectivity index (χ1) is 7.60. The van der Waals surface area contributed by atoms with E-state index in [9.17, 15) is 5.11 Å². The molecule has 1 N–H and O–H groups in total. The minimum atomic E-state index is -0.333. The zero-order valence-corrected chi connectivity index (χ0v) is 9.94. The predicted molar refractivity (Wildman–Crippen MR) is 63.3 cm³/mol. The first-order valence-corrected chi connectivity index (χ1v) is 5.51. The summed E-state index contributed by atoms with van der Waals surface area (Å²) >= 11 is 0. The molecule has 0 radical (unpaired) electrons. The smallest absolute Gasteiger partial charge is 0.144 e. The van der Waals surface area contributed by atoms with Crippen LogP contribution in [0, 0.1) is 0 Å². The molecule has 0 aliphatic rings. The molecular formula is C12H17N3O. The lowest BCUT2D eigenvalue weighted by Gasteiger charge is -2.24. The van der Waals surface area contributed by atoms with Gasteiger partial charge in [0.25, 0.3) is 0 Å². The Morgan fingerprint density at radius 3 is 2.81 bits per heavy atom. The highest BCUT2D eigenvalue weighted by Crippen LogP contribution is 2.25. The van der Waals surface area contributed by atoms with Gasteiger partial charge in [0, 0.05) is 17.8 Å². The van der Waals surface area contributed by atoms with Crippen LogP contribution < -0.4 is 0 Å². The largest absolute Gasteiger partial charge is 0.394 e. The zero-order chi connectivity index (χ0) is 11.8. The third kappa shape index (κ3) is 1.59. The van der Waals surface area contributed by atoms with Gasteiger partial charge >= 0.3 is 0 Å². The van der Waals surface area contributed by atoms with Crippen LogP contribution in [0.3, 0.4) is 0 Å². The van der Waals surface area contributed by atoms with Gasteiger partial charge < -0.3 is 9.67 Å². The molecule has 0 saturated heterocycles. The van der Waals surface area contributed by atoms with Crippen molar-refractivity contribution in [2.75, 3.05) is 6.61 Å². The first-order valence-electron chi connectivity index (χ1n) is 5.51. The number of nitrogens with zero attached hydrogens (tertiary/aromatic N) is 3. The second kappa shape index (κ2) is 3.87. The Bertz CT molecular complexity index is 502. The summed E-state index contributed by atoms with van der Waals surface area (Å²) in [6.07, 6.45) is 6.39. The molecular weight excluding hydrogens is 202 g/mol. The van der Waals surface area contributed by atoms with Crippen LogP contribution in [-0.4, -0.2) is 26.2 Å². The second-order valence-corrected chi connectivity index (χ2v) is 4.61. The van der Waals surface area contributed by atoms with Crippen LogP contribution in [0.4, 0.5) is 0 Å². The van der Waals surface area contributed by atoms with Crippen molar-refractivity contribution in [2.24, 2.45) is 0 Å². The van der Waals surface area contributed by atoms with Gasteiger partial charge in [-0.1, -0.05) is 6.92 Å². The van der Waals surface area contributed by atoms with Gasteiger partial charge in [0.05, 0.1) is 12.1 Å². The first kappa shape index (κ1) is 11.1. The molecule has 2 heterocycles. The molecule has 4 nitrogen and oxygen atoms in total. The van der Waals surface area contributed by atoms with E-state index in [1.54, 1.807) is 6.33 Å². The molecule has 0 bridgehead atoms. The van der Waals surface area contributed by atoms with Crippen LogP contribution in [-0.2, 0) is 12.0 Å². The molecule has 16 heavy (non-hydrogen) atoms. The fraction of sp³-hybridized carbons (Fsp3) is 0.500. The lowest BCUT2D eigenvalue weighted by Crippen LogP contribution is -2.29. The molecule has 4 heteroatoms. The number of aliphatic hydroxyl groups is 1. The molecule has 0 aliphatic carbocycles. The van der Waals surface area contributed by atoms with Crippen molar-refractivity contribution in [3.05, 3.63) is 24.3 Å². The van der Waals surface area contributed by atoms with E-state index < -0.39 is 0 Å². The fourth-order valence-electron chi connectivity index (χ4n) is 1.85. The van der Waals surface area contributed by atoms with Gasteiger partial charge in [0.15, 0.2) is 0 Å². The zero-order valence-electron chi connectivity index (χ0n) is 9.94. The van der Waals surface area contributed by atoms with E-state index in [2.05, 4.69) is 23.1 Å². The standard InChI is InChI=1S/C12H17N3O/c1-4-9-6-15(12(2,3)7-16)11-10(9)5-13-8-14-11/h5-6,8,16H,4,7H2,1-3H3. The number of aryl methyl sites for hydroxylation is 1. The van der Waals surface area contributed by atoms with Crippen molar-refractivity contribution in [3.63, 3.8) is 0 Å². The van der Waals surface area contributed by atoms with Crippen LogP contribution in [0.2, 0.25) is 0 Å². The molecule has 0 fully saturated rings. The van der Waals surface area contributed by atoms with Crippen LogP contribution in [0.1, 0.15) is 26.3 Å². The minimum Gasteiger partial charge on any atom is -0.394 e. The topological polar surface area (TPSA) is 50.9 Å². The molecule has 2 aromatic rings. The molecule has 2 rings (SSSR count). The molecule has 0 atom stereocenters. The van der Waals surface area contributed by atoms with E-state index in [1.807, 2.05) is 24.6 Å². The van der Waals surface area contributed by atoms with Crippen LogP contribution in [0.25, 0.3) is 11.0 Å². The second-order valence-electron chi connectivity index (χ2n) is 4.61. The molecule has 0 aliphatic heterocycles. The van der Waals surface area contributed by atoms with Crippen LogP contribution >= 0.6 is 0 Å². The Balaban J connectivity index is 2.71. The van der Waals surface area contributed by atoms with E-state index in [0.29, 0.717) is 0 Å². The number of rotatable bonds is 3. The summed E-state index contributed by atoms with van der Waals surface area (Å²) in [5.41, 5.74) is 1.78. The Hall–Kier alpha value is -1.42. The Morgan fingerprint density at radius 1 is 1.44 bits per heavy atom. The number of fused-ring (bicyclic) bond motifs is 1. The van der Waals surface area contributed by atoms with E-state index >= 15 is 0 Å². The third-order valence-corrected chi connectivity index (χ3v) is 2.97. The molecule has 0 unspecified atom stereocenters. The molecule has 2 aromatic heterocycles. The number of aliphatic hydroxyl groups excluding tert-OH is 1. The van der Waals surface area contributed by atoms with E-state index in [0.717, 1.165) is 17.5 Å². The summed E-state index contributed by atoms with van der Waals surface area (Å²) in [6.45, 7) is 6.18. The molecule has 86 valence electrons. The molecule has 0 spiro atoms. The van der Waals surface area contributed by atoms with Crippen molar-refractivity contribution in [3.8, 4) is 0 Å². The SMILES string of the molecule is CCc1cn(C(C)(C)CO)c2ncncc12. The summed E-state index contributed by atoms with van der Waals surface area (Å²) in [5, 5.41) is 10.5. The van der Waals surface area contributed by atoms with E-state index in [-0.39, 0.29) is 12.1 Å². The van der Waals surface area contributed by atoms with Gasteiger partial charge in [-0.05, 0) is 25.8 Å². The summed E-state index contributed by atoms with van der Waals surface area (Å²) in [5.74, 6) is 0. The summed E-state index contributed by atoms with van der Waals surface area (Å²) in [4.78, 5) is 8.36. The lowest BCUT2D eigenvalue weighted by molar-refractivity contribution is 0.167. The Morgan fingerprint density at radius 2 is 2.19 bits per heavy atom. The number of hydrogen-bond donors (Lipinski definition) is 1. The minimum absolute atomic E-state index is 0.0872. The highest BCUT2D eigenvalue weighted by molar-refractivity contribution is 5.79. The summed E-state index contributed by atoms with van der Waals surface area (Å²) in [6, 6.07) is 0. The van der Waals surface area contributed by atoms with Crippen LogP contribution in [0.15, 0.2) is 18.7 Å². The number of hydrogen-bond acceptors (Lipinski definition) is 3. The number of aromatic nitrogens is 3. The summed E-state index contributed by atoms with van der Waals surface area (Å²) < 4.78 is 2.03. The monoisotopic (exact) mass is 219 g/mol. The van der Waals surface area contributed by atoms with Crippen molar-refractivity contribution in [1.82, 2.24) is 14.5 Å². The maximum absolute atomic E-state index is 9.42. The van der Waals surface area contributed by atoms with Crippen molar-refractivity contribution in [2.45, 2.75) is 32.7 Å². The van der Waals surface area contributed by atoms with E-state index in [1.165, 1.54) is 5.56 Å². The van der Waals surface area contributed by atoms with Gasteiger partial charge in [0.2, 0.25) is 0 Å². The Kier molecular flexibility index (Phi) is 2.68. The average Bonchev–Trinajstić information content (AvgIpc) is 2.68. The molecule has 0 saturated carbocycles. The van der Waals surface area contributed by atoms with E-state index in [4.69, 9.17) is 0 Å². The van der Waals surface area contributed by atoms with Crippen molar-refractivity contribution >= 4 is 11.0 Å². The fourth-order valence-corrected chi connectivity index (χ4v) is 1.85. The van der Waals surface area contributed by atoms with Gasteiger partial charge in [-0.3, -0.25) is 0 Å². The Labute approximate surface area is 95.0 Å². The predicted octanol–water partition coefficient (Wildman–Crippen LogP) is 1.72. The normalized spacial score (nSPS) is 12.2. The maximum Gasteiger partial charge on any atom is 0.144 e. The highest BCUT2D eigenvalue weighted by Gasteiger charge is 2.22. The average molecular weight is 219 g/mol. The van der Waals surface area contributed by atoms with Gasteiger partial charge in [-0.2, -0.15) is 0 Å². The van der Waals surface area contributed by atoms with Gasteiger partial charge in [0.1, 0.15) is 12.0 Å².